The van der Waals surface area contributed by atoms with Gasteiger partial charge in [0, 0.05) is 6.42 Å². The quantitative estimate of drug-likeness (QED) is 0.249. The molecule has 0 radical (unpaired) electrons. The Labute approximate surface area is 135 Å². The molecule has 0 aliphatic heterocycles. The van der Waals surface area contributed by atoms with Crippen LogP contribution in [0.4, 0.5) is 39.5 Å². The lowest BCUT2D eigenvalue weighted by molar-refractivity contribution is -0.382. The molecule has 25 heavy (non-hydrogen) atoms. The normalized spacial score (nSPS) is 14.8. The Morgan fingerprint density at radius 1 is 0.960 bits per heavy atom. The molecule has 0 aromatic heterocycles. The molecule has 0 N–H and O–H groups in total. The van der Waals surface area contributed by atoms with Crippen molar-refractivity contribution in [2.45, 2.75) is 49.5 Å². The fourth-order valence-corrected chi connectivity index (χ4v) is 2.02. The number of alkyl halides is 9. The highest BCUT2D eigenvalue weighted by atomic mass is 32.2. The summed E-state index contributed by atoms with van der Waals surface area (Å²) < 4.78 is 138. The number of ketones is 1. The van der Waals surface area contributed by atoms with E-state index in [9.17, 15) is 52.7 Å². The van der Waals surface area contributed by atoms with E-state index in [-0.39, 0.29) is 31.3 Å². The van der Waals surface area contributed by atoms with Crippen LogP contribution < -0.4 is 0 Å². The first-order chi connectivity index (χ1) is 10.9. The van der Waals surface area contributed by atoms with Crippen molar-refractivity contribution >= 4 is 15.9 Å². The summed E-state index contributed by atoms with van der Waals surface area (Å²) in [6.07, 6.45) is -6.60. The molecule has 0 unspecified atom stereocenters. The van der Waals surface area contributed by atoms with Crippen molar-refractivity contribution in [3.63, 3.8) is 0 Å². The Morgan fingerprint density at radius 2 is 1.44 bits per heavy atom. The Kier molecular flexibility index (Phi) is 6.98. The van der Waals surface area contributed by atoms with E-state index in [2.05, 4.69) is 4.18 Å². The highest BCUT2D eigenvalue weighted by molar-refractivity contribution is 7.88. The average Bonchev–Trinajstić information content (AvgIpc) is 2.40. The Hall–Kier alpha value is -1.47. The average molecular weight is 410 g/mol. The maximum absolute atomic E-state index is 13.2. The maximum atomic E-state index is 13.2. The second kappa shape index (κ2) is 7.41. The molecule has 0 heterocycles. The molecule has 0 aliphatic rings. The van der Waals surface area contributed by atoms with Gasteiger partial charge >= 0.3 is 33.4 Å². The third kappa shape index (κ3) is 4.79. The summed E-state index contributed by atoms with van der Waals surface area (Å²) >= 11 is 0. The van der Waals surface area contributed by atoms with Gasteiger partial charge in [0.1, 0.15) is 12.0 Å². The molecular weight excluding hydrogens is 399 g/mol. The second-order valence-corrected chi connectivity index (χ2v) is 6.29. The number of unbranched alkanes of at least 4 members (excludes halogenated alkanes) is 1. The van der Waals surface area contributed by atoms with Crippen LogP contribution >= 0.6 is 0 Å². The van der Waals surface area contributed by atoms with E-state index in [1.807, 2.05) is 0 Å². The fourth-order valence-electron chi connectivity index (χ4n) is 1.23. The van der Waals surface area contributed by atoms with Crippen molar-refractivity contribution in [1.82, 2.24) is 0 Å². The molecule has 4 nitrogen and oxygen atoms in total. The number of hydrogen-bond donors (Lipinski definition) is 0. The molecule has 148 valence electrons. The van der Waals surface area contributed by atoms with Gasteiger partial charge in [0.2, 0.25) is 0 Å². The van der Waals surface area contributed by atoms with E-state index in [4.69, 9.17) is 0 Å². The summed E-state index contributed by atoms with van der Waals surface area (Å²) in [7, 11) is -6.88. The van der Waals surface area contributed by atoms with E-state index in [1.165, 1.54) is 6.92 Å². The number of carbonyl (C=O) groups excluding carboxylic acids is 1. The topological polar surface area (TPSA) is 60.4 Å². The minimum atomic E-state index is -7.34. The van der Waals surface area contributed by atoms with Crippen molar-refractivity contribution in [2.75, 3.05) is 0 Å². The first-order valence-electron chi connectivity index (χ1n) is 6.19. The number of Topliss-reactive ketones (excluding diaryl/α,β-unsaturated/α-hetero) is 1. The first-order valence-corrected chi connectivity index (χ1v) is 7.60. The molecule has 0 saturated heterocycles. The molecule has 0 amide bonds. The van der Waals surface area contributed by atoms with E-state index in [0.29, 0.717) is 6.08 Å². The lowest BCUT2D eigenvalue weighted by Crippen LogP contribution is -2.63. The zero-order chi connectivity index (χ0) is 20.3. The largest absolute Gasteiger partial charge is 0.460 e. The van der Waals surface area contributed by atoms with Gasteiger partial charge in [-0.3, -0.25) is 0 Å². The minimum Gasteiger partial charge on any atom is -0.386 e. The SMILES string of the molecule is CC(=O)CCC/C=C\OS(=O)(=O)C(F)(F)C(F)(F)C(F)(F)C(F)(F)F. The van der Waals surface area contributed by atoms with Crippen LogP contribution in [0.1, 0.15) is 26.2 Å². The van der Waals surface area contributed by atoms with Crippen LogP contribution in [0.3, 0.4) is 0 Å². The van der Waals surface area contributed by atoms with Crippen molar-refractivity contribution < 1.29 is 56.9 Å². The maximum Gasteiger partial charge on any atom is 0.460 e. The van der Waals surface area contributed by atoms with Gasteiger partial charge in [0.25, 0.3) is 0 Å². The zero-order valence-corrected chi connectivity index (χ0v) is 13.0. The Balaban J connectivity index is 5.34. The summed E-state index contributed by atoms with van der Waals surface area (Å²) in [4.78, 5) is 10.6. The first kappa shape index (κ1) is 23.5. The number of carbonyl (C=O) groups is 1. The molecule has 0 spiro atoms. The molecule has 0 aromatic carbocycles. The molecule has 0 atom stereocenters. The number of halogens is 9. The number of allylic oxidation sites excluding steroid dienone is 1. The predicted molar refractivity (Wildman–Crippen MR) is 64.6 cm³/mol. The monoisotopic (exact) mass is 410 g/mol. The van der Waals surface area contributed by atoms with Gasteiger partial charge in [0.05, 0.1) is 0 Å². The van der Waals surface area contributed by atoms with Gasteiger partial charge in [-0.1, -0.05) is 0 Å². The number of hydrogen-bond acceptors (Lipinski definition) is 4. The van der Waals surface area contributed by atoms with E-state index >= 15 is 0 Å². The van der Waals surface area contributed by atoms with Crippen LogP contribution in [0.15, 0.2) is 12.3 Å². The predicted octanol–water partition coefficient (Wildman–Crippen LogP) is 4.03. The second-order valence-electron chi connectivity index (χ2n) is 4.68. The van der Waals surface area contributed by atoms with Gasteiger partial charge < -0.3 is 8.98 Å². The van der Waals surface area contributed by atoms with Gasteiger partial charge in [-0.25, -0.2) is 0 Å². The van der Waals surface area contributed by atoms with E-state index in [0.717, 1.165) is 0 Å². The van der Waals surface area contributed by atoms with Crippen molar-refractivity contribution in [3.8, 4) is 0 Å². The van der Waals surface area contributed by atoms with Crippen LogP contribution in [0.2, 0.25) is 0 Å². The molecular formula is C11H11F9O4S. The van der Waals surface area contributed by atoms with Crippen molar-refractivity contribution in [3.05, 3.63) is 12.3 Å². The van der Waals surface area contributed by atoms with Crippen molar-refractivity contribution in [1.29, 1.82) is 0 Å². The van der Waals surface area contributed by atoms with Gasteiger partial charge in [-0.2, -0.15) is 47.9 Å². The van der Waals surface area contributed by atoms with E-state index < -0.39 is 33.4 Å². The molecule has 14 heteroatoms. The lowest BCUT2D eigenvalue weighted by Gasteiger charge is -2.32. The molecule has 0 aliphatic carbocycles. The number of rotatable bonds is 9. The third-order valence-electron chi connectivity index (χ3n) is 2.61. The summed E-state index contributed by atoms with van der Waals surface area (Å²) in [5.74, 6) is -15.0. The fraction of sp³-hybridized carbons (Fsp3) is 0.727. The Morgan fingerprint density at radius 3 is 1.84 bits per heavy atom. The zero-order valence-electron chi connectivity index (χ0n) is 12.2. The Bertz CT molecular complexity index is 608. The third-order valence-corrected chi connectivity index (χ3v) is 3.86. The summed E-state index contributed by atoms with van der Waals surface area (Å²) in [5.41, 5.74) is 0. The summed E-state index contributed by atoms with van der Waals surface area (Å²) in [6, 6.07) is 0. The smallest absolute Gasteiger partial charge is 0.386 e. The molecule has 0 saturated carbocycles. The highest BCUT2D eigenvalue weighted by Gasteiger charge is 2.86. The summed E-state index contributed by atoms with van der Waals surface area (Å²) in [6.45, 7) is 1.20. The van der Waals surface area contributed by atoms with Crippen LogP contribution in [0, 0.1) is 0 Å². The van der Waals surface area contributed by atoms with Gasteiger partial charge in [-0.05, 0) is 25.8 Å². The highest BCUT2D eigenvalue weighted by Crippen LogP contribution is 2.54. The van der Waals surface area contributed by atoms with Gasteiger partial charge in [-0.15, -0.1) is 0 Å². The molecule has 0 aromatic rings. The molecule has 0 fully saturated rings. The standard InChI is InChI=1S/C11H11F9O4S/c1-7(21)5-3-2-4-6-24-25(22,23)11(19,20)9(14,15)8(12,13)10(16,17)18/h4,6H,2-3,5H2,1H3/b6-4-. The van der Waals surface area contributed by atoms with Gasteiger partial charge in [0.15, 0.2) is 0 Å². The van der Waals surface area contributed by atoms with E-state index in [1.54, 1.807) is 0 Å². The minimum absolute atomic E-state index is 0.00310. The van der Waals surface area contributed by atoms with Crippen LogP contribution in [-0.4, -0.2) is 37.5 Å². The van der Waals surface area contributed by atoms with Crippen molar-refractivity contribution in [2.24, 2.45) is 0 Å². The summed E-state index contributed by atoms with van der Waals surface area (Å²) in [5, 5.41) is -6.89. The van der Waals surface area contributed by atoms with Crippen LogP contribution in [0.25, 0.3) is 0 Å². The van der Waals surface area contributed by atoms with Crippen LogP contribution in [-0.2, 0) is 19.1 Å². The van der Waals surface area contributed by atoms with Crippen LogP contribution in [0.5, 0.6) is 0 Å². The molecule has 0 bridgehead atoms. The lowest BCUT2D eigenvalue weighted by atomic mass is 10.1. The molecule has 0 rings (SSSR count).